The Kier molecular flexibility index (Phi) is 4.55. The first kappa shape index (κ1) is 14.3. The molecular formula is C13H19NO4. The molecule has 0 aliphatic carbocycles. The number of hydrogen-bond donors (Lipinski definition) is 2. The summed E-state index contributed by atoms with van der Waals surface area (Å²) < 4.78 is 10.9. The maximum absolute atomic E-state index is 11.0. The Morgan fingerprint density at radius 2 is 2.00 bits per heavy atom. The quantitative estimate of drug-likeness (QED) is 0.620. The smallest absolute Gasteiger partial charge is 0.341 e. The first-order valence-electron chi connectivity index (χ1n) is 5.70. The molecule has 0 aliphatic heterocycles. The van der Waals surface area contributed by atoms with Crippen LogP contribution in [0.25, 0.3) is 0 Å². The molecule has 1 aromatic rings. The minimum absolute atomic E-state index is 0.00624. The predicted molar refractivity (Wildman–Crippen MR) is 69.0 cm³/mol. The second-order valence-electron chi connectivity index (χ2n) is 4.83. The number of nitrogens with two attached hydrogens (primary N) is 1. The maximum atomic E-state index is 11.0. The van der Waals surface area contributed by atoms with Crippen LogP contribution in [0.1, 0.15) is 31.1 Å². The summed E-state index contributed by atoms with van der Waals surface area (Å²) in [6.07, 6.45) is 0. The molecule has 0 spiro atoms. The number of benzene rings is 1. The van der Waals surface area contributed by atoms with Gasteiger partial charge in [-0.1, -0.05) is 6.07 Å². The van der Waals surface area contributed by atoms with Crippen molar-refractivity contribution in [2.24, 2.45) is 0 Å². The Balaban J connectivity index is 2.63. The van der Waals surface area contributed by atoms with Crippen LogP contribution in [0, 0.1) is 0 Å². The summed E-state index contributed by atoms with van der Waals surface area (Å²) in [7, 11) is 0. The van der Waals surface area contributed by atoms with E-state index >= 15 is 0 Å². The molecule has 5 nitrogen and oxygen atoms in total. The molecule has 3 N–H and O–H groups in total. The first-order valence-corrected chi connectivity index (χ1v) is 5.70. The molecule has 0 atom stereocenters. The molecule has 5 heteroatoms. The van der Waals surface area contributed by atoms with Gasteiger partial charge in [-0.3, -0.25) is 0 Å². The zero-order valence-electron chi connectivity index (χ0n) is 10.9. The highest BCUT2D eigenvalue weighted by molar-refractivity contribution is 5.96. The van der Waals surface area contributed by atoms with Crippen molar-refractivity contribution in [3.05, 3.63) is 23.8 Å². The summed E-state index contributed by atoms with van der Waals surface area (Å²) in [6, 6.07) is 4.76. The number of carbonyl (C=O) groups is 1. The Hall–Kier alpha value is -1.75. The molecule has 1 rings (SSSR count). The van der Waals surface area contributed by atoms with Gasteiger partial charge in [0.25, 0.3) is 0 Å². The minimum atomic E-state index is -1.10. The van der Waals surface area contributed by atoms with E-state index in [-0.39, 0.29) is 29.2 Å². The Labute approximate surface area is 107 Å². The Morgan fingerprint density at radius 1 is 1.33 bits per heavy atom. The lowest BCUT2D eigenvalue weighted by atomic mass is 10.1. The van der Waals surface area contributed by atoms with Gasteiger partial charge in [-0.25, -0.2) is 4.79 Å². The third kappa shape index (κ3) is 4.25. The number of ether oxygens (including phenoxy) is 2. The van der Waals surface area contributed by atoms with Crippen molar-refractivity contribution in [1.29, 1.82) is 0 Å². The predicted octanol–water partition coefficient (Wildman–Crippen LogP) is 2.16. The van der Waals surface area contributed by atoms with Gasteiger partial charge in [0.15, 0.2) is 0 Å². The molecule has 0 saturated heterocycles. The highest BCUT2D eigenvalue weighted by atomic mass is 16.5. The van der Waals surface area contributed by atoms with E-state index in [4.69, 9.17) is 20.3 Å². The standard InChI is InChI=1S/C13H19NO4/c1-13(2,3)18-8-7-17-10-6-4-5-9(14)11(10)12(15)16/h4-6H,7-8,14H2,1-3H3,(H,15,16). The van der Waals surface area contributed by atoms with Crippen molar-refractivity contribution >= 4 is 11.7 Å². The largest absolute Gasteiger partial charge is 0.490 e. The number of carboxylic acids is 1. The lowest BCUT2D eigenvalue weighted by Gasteiger charge is -2.19. The Bertz CT molecular complexity index is 423. The fourth-order valence-electron chi connectivity index (χ4n) is 1.40. The third-order valence-electron chi connectivity index (χ3n) is 2.15. The second kappa shape index (κ2) is 5.73. The number of anilines is 1. The molecule has 100 valence electrons. The van der Waals surface area contributed by atoms with Gasteiger partial charge in [0, 0.05) is 5.69 Å². The van der Waals surface area contributed by atoms with Crippen molar-refractivity contribution in [3.8, 4) is 5.75 Å². The van der Waals surface area contributed by atoms with Crippen molar-refractivity contribution in [2.75, 3.05) is 18.9 Å². The van der Waals surface area contributed by atoms with Crippen molar-refractivity contribution in [1.82, 2.24) is 0 Å². The second-order valence-corrected chi connectivity index (χ2v) is 4.83. The number of hydrogen-bond acceptors (Lipinski definition) is 4. The molecule has 0 radical (unpaired) electrons. The van der Waals surface area contributed by atoms with Gasteiger partial charge >= 0.3 is 5.97 Å². The molecule has 0 bridgehead atoms. The third-order valence-corrected chi connectivity index (χ3v) is 2.15. The van der Waals surface area contributed by atoms with E-state index in [0.717, 1.165) is 0 Å². The van der Waals surface area contributed by atoms with E-state index in [1.165, 1.54) is 6.07 Å². The van der Waals surface area contributed by atoms with Crippen molar-refractivity contribution in [2.45, 2.75) is 26.4 Å². The van der Waals surface area contributed by atoms with E-state index in [9.17, 15) is 4.79 Å². The van der Waals surface area contributed by atoms with Crippen LogP contribution in [0.3, 0.4) is 0 Å². The summed E-state index contributed by atoms with van der Waals surface area (Å²) >= 11 is 0. The van der Waals surface area contributed by atoms with Crippen LogP contribution in [0.4, 0.5) is 5.69 Å². The number of carboxylic acid groups (broad SMARTS) is 1. The normalized spacial score (nSPS) is 11.3. The fraction of sp³-hybridized carbons (Fsp3) is 0.462. The van der Waals surface area contributed by atoms with Crippen LogP contribution in [0.15, 0.2) is 18.2 Å². The van der Waals surface area contributed by atoms with Gasteiger partial charge in [0.05, 0.1) is 12.2 Å². The average molecular weight is 253 g/mol. The number of aromatic carboxylic acids is 1. The van der Waals surface area contributed by atoms with Crippen molar-refractivity contribution < 1.29 is 19.4 Å². The molecule has 0 fully saturated rings. The molecule has 18 heavy (non-hydrogen) atoms. The van der Waals surface area contributed by atoms with E-state index in [2.05, 4.69) is 0 Å². The lowest BCUT2D eigenvalue weighted by molar-refractivity contribution is -0.0164. The van der Waals surface area contributed by atoms with Gasteiger partial charge in [-0.15, -0.1) is 0 Å². The van der Waals surface area contributed by atoms with Crippen LogP contribution in [0.5, 0.6) is 5.75 Å². The number of nitrogen functional groups attached to an aromatic ring is 1. The highest BCUT2D eigenvalue weighted by Crippen LogP contribution is 2.24. The zero-order chi connectivity index (χ0) is 13.8. The van der Waals surface area contributed by atoms with Gasteiger partial charge in [0.2, 0.25) is 0 Å². The monoisotopic (exact) mass is 253 g/mol. The van der Waals surface area contributed by atoms with Gasteiger partial charge < -0.3 is 20.3 Å². The fourth-order valence-corrected chi connectivity index (χ4v) is 1.40. The van der Waals surface area contributed by atoms with Crippen molar-refractivity contribution in [3.63, 3.8) is 0 Å². The van der Waals surface area contributed by atoms with Crippen LogP contribution in [-0.2, 0) is 4.74 Å². The van der Waals surface area contributed by atoms with Crippen LogP contribution in [0.2, 0.25) is 0 Å². The van der Waals surface area contributed by atoms with Gasteiger partial charge in [0.1, 0.15) is 17.9 Å². The van der Waals surface area contributed by atoms with Crippen LogP contribution >= 0.6 is 0 Å². The minimum Gasteiger partial charge on any atom is -0.490 e. The van der Waals surface area contributed by atoms with E-state index in [1.807, 2.05) is 20.8 Å². The lowest BCUT2D eigenvalue weighted by Crippen LogP contribution is -2.22. The molecule has 0 unspecified atom stereocenters. The topological polar surface area (TPSA) is 81.8 Å². The van der Waals surface area contributed by atoms with E-state index in [0.29, 0.717) is 6.61 Å². The summed E-state index contributed by atoms with van der Waals surface area (Å²) in [5.74, 6) is -0.833. The summed E-state index contributed by atoms with van der Waals surface area (Å²) in [4.78, 5) is 11.0. The summed E-state index contributed by atoms with van der Waals surface area (Å²) in [6.45, 7) is 6.49. The van der Waals surface area contributed by atoms with Crippen LogP contribution in [-0.4, -0.2) is 29.9 Å². The molecule has 0 saturated carbocycles. The summed E-state index contributed by atoms with van der Waals surface area (Å²) in [5.41, 5.74) is 5.55. The van der Waals surface area contributed by atoms with Crippen LogP contribution < -0.4 is 10.5 Å². The average Bonchev–Trinajstić information content (AvgIpc) is 2.22. The highest BCUT2D eigenvalue weighted by Gasteiger charge is 2.15. The summed E-state index contributed by atoms with van der Waals surface area (Å²) in [5, 5.41) is 9.04. The molecule has 1 aromatic carbocycles. The van der Waals surface area contributed by atoms with Gasteiger partial charge in [-0.2, -0.15) is 0 Å². The maximum Gasteiger partial charge on any atom is 0.341 e. The first-order chi connectivity index (χ1) is 8.31. The SMILES string of the molecule is CC(C)(C)OCCOc1cccc(N)c1C(=O)O. The Morgan fingerprint density at radius 3 is 2.56 bits per heavy atom. The zero-order valence-corrected chi connectivity index (χ0v) is 10.9. The van der Waals surface area contributed by atoms with E-state index in [1.54, 1.807) is 12.1 Å². The van der Waals surface area contributed by atoms with Gasteiger partial charge in [-0.05, 0) is 32.9 Å². The molecule has 0 aromatic heterocycles. The molecule has 0 aliphatic rings. The number of rotatable bonds is 5. The molecule has 0 heterocycles. The molecule has 0 amide bonds. The van der Waals surface area contributed by atoms with E-state index < -0.39 is 5.97 Å². The molecular weight excluding hydrogens is 234 g/mol.